The number of H-pyrrole nitrogens is 1. The number of halogens is 1. The fraction of sp³-hybridized carbons (Fsp3) is 0.286. The van der Waals surface area contributed by atoms with E-state index in [0.717, 1.165) is 0 Å². The summed E-state index contributed by atoms with van der Waals surface area (Å²) >= 11 is 0. The van der Waals surface area contributed by atoms with Crippen LogP contribution in [0.2, 0.25) is 0 Å². The van der Waals surface area contributed by atoms with E-state index >= 15 is 0 Å². The van der Waals surface area contributed by atoms with Crippen molar-refractivity contribution >= 4 is 17.7 Å². The van der Waals surface area contributed by atoms with Crippen LogP contribution in [0.15, 0.2) is 24.4 Å². The standard InChI is InChI=1S/C14H17FN4O2/c1-14(2,3)21-13(20)19-10-5-4-8(15)6-9(10)11-7-17-12(16)18-11/h4-7H,1-3H3,(H,19,20)(H3,16,17,18). The van der Waals surface area contributed by atoms with Gasteiger partial charge in [0.05, 0.1) is 17.6 Å². The van der Waals surface area contributed by atoms with Gasteiger partial charge >= 0.3 is 6.09 Å². The molecular weight excluding hydrogens is 275 g/mol. The number of hydrogen-bond donors (Lipinski definition) is 3. The van der Waals surface area contributed by atoms with E-state index in [9.17, 15) is 9.18 Å². The first-order valence-electron chi connectivity index (χ1n) is 6.35. The Morgan fingerprint density at radius 2 is 2.14 bits per heavy atom. The molecule has 21 heavy (non-hydrogen) atoms. The number of rotatable bonds is 2. The van der Waals surface area contributed by atoms with Crippen molar-refractivity contribution in [3.8, 4) is 11.3 Å². The van der Waals surface area contributed by atoms with E-state index in [1.54, 1.807) is 20.8 Å². The fourth-order valence-corrected chi connectivity index (χ4v) is 1.74. The fourth-order valence-electron chi connectivity index (χ4n) is 1.74. The lowest BCUT2D eigenvalue weighted by atomic mass is 10.1. The first-order chi connectivity index (χ1) is 9.74. The number of imidazole rings is 1. The normalized spacial score (nSPS) is 11.2. The van der Waals surface area contributed by atoms with Gasteiger partial charge in [0.1, 0.15) is 11.4 Å². The molecule has 0 saturated carbocycles. The first-order valence-corrected chi connectivity index (χ1v) is 6.35. The Bertz CT molecular complexity index is 661. The SMILES string of the molecule is CC(C)(C)OC(=O)Nc1ccc(F)cc1-c1cnc(N)[nH]1. The Labute approximate surface area is 121 Å². The number of aromatic amines is 1. The second-order valence-electron chi connectivity index (χ2n) is 5.50. The highest BCUT2D eigenvalue weighted by molar-refractivity contribution is 5.91. The van der Waals surface area contributed by atoms with Gasteiger partial charge < -0.3 is 15.5 Å². The van der Waals surface area contributed by atoms with E-state index < -0.39 is 17.5 Å². The summed E-state index contributed by atoms with van der Waals surface area (Å²) in [7, 11) is 0. The van der Waals surface area contributed by atoms with Crippen LogP contribution in [-0.2, 0) is 4.74 Å². The molecule has 0 radical (unpaired) electrons. The summed E-state index contributed by atoms with van der Waals surface area (Å²) in [6.45, 7) is 5.27. The maximum Gasteiger partial charge on any atom is 0.412 e. The Morgan fingerprint density at radius 3 is 2.71 bits per heavy atom. The van der Waals surface area contributed by atoms with Crippen LogP contribution in [-0.4, -0.2) is 21.7 Å². The van der Waals surface area contributed by atoms with E-state index in [-0.39, 0.29) is 5.95 Å². The summed E-state index contributed by atoms with van der Waals surface area (Å²) in [5, 5.41) is 2.59. The number of amides is 1. The van der Waals surface area contributed by atoms with Gasteiger partial charge in [0.25, 0.3) is 0 Å². The molecule has 1 amide bonds. The van der Waals surface area contributed by atoms with Crippen LogP contribution in [0.1, 0.15) is 20.8 Å². The minimum Gasteiger partial charge on any atom is -0.444 e. The molecule has 0 atom stereocenters. The van der Waals surface area contributed by atoms with Crippen LogP contribution in [0.4, 0.5) is 20.8 Å². The zero-order chi connectivity index (χ0) is 15.6. The predicted molar refractivity (Wildman–Crippen MR) is 78.3 cm³/mol. The average Bonchev–Trinajstić information content (AvgIpc) is 2.75. The quantitative estimate of drug-likeness (QED) is 0.792. The molecule has 0 aliphatic heterocycles. The first kappa shape index (κ1) is 14.8. The van der Waals surface area contributed by atoms with Crippen molar-refractivity contribution in [3.05, 3.63) is 30.2 Å². The van der Waals surface area contributed by atoms with Crippen molar-refractivity contribution in [2.75, 3.05) is 11.1 Å². The molecule has 0 unspecified atom stereocenters. The molecule has 2 aromatic rings. The van der Waals surface area contributed by atoms with Crippen LogP contribution in [0, 0.1) is 5.82 Å². The molecule has 6 nitrogen and oxygen atoms in total. The number of nitrogen functional groups attached to an aromatic ring is 1. The largest absolute Gasteiger partial charge is 0.444 e. The number of anilines is 2. The lowest BCUT2D eigenvalue weighted by molar-refractivity contribution is 0.0636. The molecule has 4 N–H and O–H groups in total. The summed E-state index contributed by atoms with van der Waals surface area (Å²) in [6.07, 6.45) is 0.840. The van der Waals surface area contributed by atoms with Crippen molar-refractivity contribution < 1.29 is 13.9 Å². The van der Waals surface area contributed by atoms with E-state index in [4.69, 9.17) is 10.5 Å². The summed E-state index contributed by atoms with van der Waals surface area (Å²) in [5.41, 5.74) is 6.22. The van der Waals surface area contributed by atoms with Gasteiger partial charge in [-0.3, -0.25) is 5.32 Å². The number of nitrogens with one attached hydrogen (secondary N) is 2. The molecular formula is C14H17FN4O2. The van der Waals surface area contributed by atoms with Crippen LogP contribution in [0.3, 0.4) is 0 Å². The molecule has 2 rings (SSSR count). The summed E-state index contributed by atoms with van der Waals surface area (Å²) in [6, 6.07) is 3.97. The molecule has 7 heteroatoms. The van der Waals surface area contributed by atoms with Crippen molar-refractivity contribution in [1.29, 1.82) is 0 Å². The van der Waals surface area contributed by atoms with Crippen molar-refractivity contribution in [2.24, 2.45) is 0 Å². The van der Waals surface area contributed by atoms with Gasteiger partial charge in [-0.1, -0.05) is 0 Å². The Kier molecular flexibility index (Phi) is 3.84. The van der Waals surface area contributed by atoms with Crippen molar-refractivity contribution in [2.45, 2.75) is 26.4 Å². The highest BCUT2D eigenvalue weighted by Crippen LogP contribution is 2.28. The van der Waals surface area contributed by atoms with Gasteiger partial charge in [0, 0.05) is 5.56 Å². The van der Waals surface area contributed by atoms with Gasteiger partial charge in [-0.25, -0.2) is 14.2 Å². The summed E-state index contributed by atoms with van der Waals surface area (Å²) < 4.78 is 18.6. The zero-order valence-corrected chi connectivity index (χ0v) is 12.0. The molecule has 1 aromatic heterocycles. The van der Waals surface area contributed by atoms with E-state index in [0.29, 0.717) is 16.9 Å². The van der Waals surface area contributed by atoms with Gasteiger partial charge in [-0.2, -0.15) is 0 Å². The molecule has 0 aliphatic rings. The highest BCUT2D eigenvalue weighted by atomic mass is 19.1. The van der Waals surface area contributed by atoms with Crippen LogP contribution in [0.25, 0.3) is 11.3 Å². The topological polar surface area (TPSA) is 93.0 Å². The Hall–Kier alpha value is -2.57. The van der Waals surface area contributed by atoms with Gasteiger partial charge in [0.2, 0.25) is 0 Å². The lowest BCUT2D eigenvalue weighted by Crippen LogP contribution is -2.27. The molecule has 112 valence electrons. The van der Waals surface area contributed by atoms with Crippen LogP contribution in [0.5, 0.6) is 0 Å². The maximum absolute atomic E-state index is 13.4. The van der Waals surface area contributed by atoms with E-state index in [2.05, 4.69) is 15.3 Å². The Morgan fingerprint density at radius 1 is 1.43 bits per heavy atom. The number of carbonyl (C=O) groups excluding carboxylic acids is 1. The molecule has 1 heterocycles. The van der Waals surface area contributed by atoms with Gasteiger partial charge in [-0.15, -0.1) is 0 Å². The number of carbonyl (C=O) groups is 1. The molecule has 0 spiro atoms. The lowest BCUT2D eigenvalue weighted by Gasteiger charge is -2.20. The number of hydrogen-bond acceptors (Lipinski definition) is 4. The summed E-state index contributed by atoms with van der Waals surface area (Å²) in [5.74, 6) is -0.231. The van der Waals surface area contributed by atoms with Gasteiger partial charge in [-0.05, 0) is 39.0 Å². The zero-order valence-electron chi connectivity index (χ0n) is 12.0. The molecule has 0 fully saturated rings. The highest BCUT2D eigenvalue weighted by Gasteiger charge is 2.18. The van der Waals surface area contributed by atoms with E-state index in [1.165, 1.54) is 24.4 Å². The maximum atomic E-state index is 13.4. The molecule has 0 bridgehead atoms. The number of nitrogens with two attached hydrogens (primary N) is 1. The van der Waals surface area contributed by atoms with Crippen molar-refractivity contribution in [3.63, 3.8) is 0 Å². The van der Waals surface area contributed by atoms with Crippen molar-refractivity contribution in [1.82, 2.24) is 9.97 Å². The third-order valence-electron chi connectivity index (χ3n) is 2.50. The van der Waals surface area contributed by atoms with Crippen LogP contribution < -0.4 is 11.1 Å². The molecule has 1 aromatic carbocycles. The van der Waals surface area contributed by atoms with E-state index in [1.807, 2.05) is 0 Å². The number of nitrogens with zero attached hydrogens (tertiary/aromatic N) is 1. The third-order valence-corrected chi connectivity index (χ3v) is 2.50. The van der Waals surface area contributed by atoms with Gasteiger partial charge in [0.15, 0.2) is 5.95 Å². The molecule has 0 saturated heterocycles. The van der Waals surface area contributed by atoms with Crippen LogP contribution >= 0.6 is 0 Å². The number of benzene rings is 1. The average molecular weight is 292 g/mol. The second kappa shape index (κ2) is 5.43. The second-order valence-corrected chi connectivity index (χ2v) is 5.50. The molecule has 0 aliphatic carbocycles. The number of ether oxygens (including phenoxy) is 1. The smallest absolute Gasteiger partial charge is 0.412 e. The summed E-state index contributed by atoms with van der Waals surface area (Å²) in [4.78, 5) is 18.5. The predicted octanol–water partition coefficient (Wildman–Crippen LogP) is 3.15. The number of aromatic nitrogens is 2. The Balaban J connectivity index is 2.30. The third kappa shape index (κ3) is 3.95. The minimum atomic E-state index is -0.622. The monoisotopic (exact) mass is 292 g/mol. The minimum absolute atomic E-state index is 0.206.